The number of carbonyl (C=O) groups excluding carboxylic acids is 1. The Morgan fingerprint density at radius 3 is 1.80 bits per heavy atom. The van der Waals surface area contributed by atoms with Crippen molar-refractivity contribution in [2.24, 2.45) is 0 Å². The topological polar surface area (TPSA) is 73.2 Å². The highest BCUT2D eigenvalue weighted by Gasteiger charge is 2.73. The summed E-state index contributed by atoms with van der Waals surface area (Å²) in [6.45, 7) is 0.919. The summed E-state index contributed by atoms with van der Waals surface area (Å²) >= 11 is 0. The van der Waals surface area contributed by atoms with Gasteiger partial charge in [-0.25, -0.2) is 4.89 Å². The first-order valence-corrected chi connectivity index (χ1v) is 9.85. The highest BCUT2D eigenvalue weighted by atomic mass is 31.2. The zero-order valence-electron chi connectivity index (χ0n) is 13.7. The van der Waals surface area contributed by atoms with Gasteiger partial charge in [0.1, 0.15) is 6.42 Å². The van der Waals surface area contributed by atoms with E-state index < -0.39 is 19.1 Å². The molecule has 2 aliphatic rings. The highest BCUT2D eigenvalue weighted by molar-refractivity contribution is 7.75. The van der Waals surface area contributed by atoms with Crippen molar-refractivity contribution in [3.05, 3.63) is 60.7 Å². The minimum absolute atomic E-state index is 0.192. The molecular formula is C18H20N2O4P+. The van der Waals surface area contributed by atoms with E-state index in [2.05, 4.69) is 0 Å². The van der Waals surface area contributed by atoms with Crippen molar-refractivity contribution in [1.82, 2.24) is 0 Å². The van der Waals surface area contributed by atoms with Crippen LogP contribution in [0.5, 0.6) is 0 Å². The molecule has 0 radical (unpaired) electrons. The van der Waals surface area contributed by atoms with Gasteiger partial charge in [0, 0.05) is 0 Å². The Hall–Kier alpha value is -2.14. The first-order valence-electron chi connectivity index (χ1n) is 8.21. The van der Waals surface area contributed by atoms with Gasteiger partial charge in [-0.15, -0.1) is 0 Å². The number of anilines is 2. The summed E-state index contributed by atoms with van der Waals surface area (Å²) in [6, 6.07) is 19.0. The van der Waals surface area contributed by atoms with Crippen LogP contribution in [-0.4, -0.2) is 41.0 Å². The molecule has 4 rings (SSSR count). The third-order valence-electron chi connectivity index (χ3n) is 4.76. The Morgan fingerprint density at radius 1 is 0.920 bits per heavy atom. The number of benzene rings is 2. The Labute approximate surface area is 146 Å². The summed E-state index contributed by atoms with van der Waals surface area (Å²) in [4.78, 5) is 23.6. The molecule has 0 saturated carbocycles. The van der Waals surface area contributed by atoms with Crippen LogP contribution in [0.1, 0.15) is 6.42 Å². The van der Waals surface area contributed by atoms with E-state index in [1.165, 1.54) is 0 Å². The summed E-state index contributed by atoms with van der Waals surface area (Å²) in [5, 5.41) is 9.64. The van der Waals surface area contributed by atoms with Crippen LogP contribution < -0.4 is 9.34 Å². The van der Waals surface area contributed by atoms with Gasteiger partial charge in [0.25, 0.3) is 5.34 Å². The molecule has 0 amide bonds. The normalized spacial score (nSPS) is 25.3. The van der Waals surface area contributed by atoms with Crippen molar-refractivity contribution in [2.45, 2.75) is 11.8 Å². The number of hydrogen-bond donors (Lipinski definition) is 2. The minimum Gasteiger partial charge on any atom is -0.458 e. The fourth-order valence-corrected chi connectivity index (χ4v) is 6.94. The lowest BCUT2D eigenvalue weighted by Gasteiger charge is -2.38. The Kier molecular flexibility index (Phi) is 3.91. The smallest absolute Gasteiger partial charge is 0.368 e. The molecule has 2 N–H and O–H groups in total. The molecule has 2 heterocycles. The maximum atomic E-state index is 11.9. The summed E-state index contributed by atoms with van der Waals surface area (Å²) in [6.07, 6.45) is -0.204. The maximum Gasteiger partial charge on any atom is 0.368 e. The third-order valence-corrected chi connectivity index (χ3v) is 8.37. The van der Waals surface area contributed by atoms with Crippen LogP contribution in [0.25, 0.3) is 0 Å². The van der Waals surface area contributed by atoms with Crippen molar-refractivity contribution in [3.63, 3.8) is 0 Å². The molecule has 2 aliphatic heterocycles. The van der Waals surface area contributed by atoms with Crippen molar-refractivity contribution in [3.8, 4) is 0 Å². The minimum atomic E-state index is -3.30. The quantitative estimate of drug-likeness (QED) is 0.648. The molecule has 1 atom stereocenters. The lowest BCUT2D eigenvalue weighted by Crippen LogP contribution is -2.44. The molecule has 2 fully saturated rings. The molecule has 2 aromatic carbocycles. The molecule has 0 aromatic heterocycles. The molecule has 25 heavy (non-hydrogen) atoms. The van der Waals surface area contributed by atoms with Crippen LogP contribution in [0.3, 0.4) is 0 Å². The van der Waals surface area contributed by atoms with Crippen LogP contribution in [0.4, 0.5) is 11.4 Å². The van der Waals surface area contributed by atoms with Gasteiger partial charge in [0.05, 0.1) is 24.5 Å². The molecule has 6 nitrogen and oxygen atoms in total. The lowest BCUT2D eigenvalue weighted by atomic mass is 10.3. The van der Waals surface area contributed by atoms with Crippen LogP contribution >= 0.6 is 7.79 Å². The van der Waals surface area contributed by atoms with Gasteiger partial charge in [-0.2, -0.15) is 9.34 Å². The number of cyclic esters (lactones) is 1. The first-order chi connectivity index (χ1) is 12.0. The van der Waals surface area contributed by atoms with Crippen LogP contribution in [0.2, 0.25) is 0 Å². The number of esters is 1. The van der Waals surface area contributed by atoms with Gasteiger partial charge in [-0.3, -0.25) is 4.79 Å². The zero-order valence-corrected chi connectivity index (χ0v) is 14.5. The summed E-state index contributed by atoms with van der Waals surface area (Å²) in [7, 11) is -3.30. The van der Waals surface area contributed by atoms with Crippen molar-refractivity contribution < 1.29 is 19.5 Å². The van der Waals surface area contributed by atoms with Crippen molar-refractivity contribution in [1.29, 1.82) is 0 Å². The Balaban J connectivity index is 1.83. The van der Waals surface area contributed by atoms with Gasteiger partial charge < -0.3 is 9.84 Å². The molecule has 0 aliphatic carbocycles. The number of nitrogens with zero attached hydrogens (tertiary/aromatic N) is 2. The number of ether oxygens (including phenoxy) is 1. The van der Waals surface area contributed by atoms with Crippen molar-refractivity contribution in [2.75, 3.05) is 29.0 Å². The summed E-state index contributed by atoms with van der Waals surface area (Å²) < 4.78 is 8.74. The zero-order chi connectivity index (χ0) is 17.5. The van der Waals surface area contributed by atoms with E-state index in [-0.39, 0.29) is 13.0 Å². The lowest BCUT2D eigenvalue weighted by molar-refractivity contribution is -0.137. The fraction of sp³-hybridized carbons (Fsp3) is 0.278. The molecule has 0 bridgehead atoms. The molecular weight excluding hydrogens is 339 g/mol. The number of hydrogen-bond acceptors (Lipinski definition) is 6. The Morgan fingerprint density at radius 2 is 1.40 bits per heavy atom. The van der Waals surface area contributed by atoms with Crippen LogP contribution in [0, 0.1) is 0 Å². The van der Waals surface area contributed by atoms with E-state index in [9.17, 15) is 14.8 Å². The second-order valence-corrected chi connectivity index (χ2v) is 9.24. The molecule has 7 heteroatoms. The van der Waals surface area contributed by atoms with E-state index in [0.717, 1.165) is 11.4 Å². The molecule has 1 unspecified atom stereocenters. The number of rotatable bonds is 3. The van der Waals surface area contributed by atoms with E-state index in [4.69, 9.17) is 4.74 Å². The predicted molar refractivity (Wildman–Crippen MR) is 97.2 cm³/mol. The monoisotopic (exact) mass is 359 g/mol. The first kappa shape index (κ1) is 16.3. The SMILES string of the molecule is O=C1CC(O)([P+]2(O)N(c3ccccc3)CCN2c2ccccc2)CO1. The summed E-state index contributed by atoms with van der Waals surface area (Å²) in [5.74, 6) is -0.483. The second kappa shape index (κ2) is 5.99. The van der Waals surface area contributed by atoms with Gasteiger partial charge in [-0.05, 0) is 24.3 Å². The molecule has 2 aromatic rings. The number of carbonyl (C=O) groups is 1. The van der Waals surface area contributed by atoms with Crippen LogP contribution in [-0.2, 0) is 9.53 Å². The van der Waals surface area contributed by atoms with E-state index >= 15 is 0 Å². The van der Waals surface area contributed by atoms with Gasteiger partial charge in [-0.1, -0.05) is 36.4 Å². The van der Waals surface area contributed by atoms with Crippen LogP contribution in [0.15, 0.2) is 60.7 Å². The molecule has 130 valence electrons. The van der Waals surface area contributed by atoms with Gasteiger partial charge >= 0.3 is 13.8 Å². The predicted octanol–water partition coefficient (Wildman–Crippen LogP) is 2.40. The molecule has 0 spiro atoms. The van der Waals surface area contributed by atoms with E-state index in [1.54, 1.807) is 0 Å². The summed E-state index contributed by atoms with van der Waals surface area (Å²) in [5.41, 5.74) is 1.65. The average molecular weight is 359 g/mol. The highest BCUT2D eigenvalue weighted by Crippen LogP contribution is 2.75. The van der Waals surface area contributed by atoms with Gasteiger partial charge in [0.2, 0.25) is 0 Å². The van der Waals surface area contributed by atoms with E-state index in [1.807, 2.05) is 70.0 Å². The Bertz CT molecular complexity index is 726. The average Bonchev–Trinajstić information content (AvgIpc) is 3.18. The second-order valence-electron chi connectivity index (χ2n) is 6.31. The third kappa shape index (κ3) is 2.49. The molecule has 2 saturated heterocycles. The largest absolute Gasteiger partial charge is 0.458 e. The number of para-hydroxylation sites is 2. The van der Waals surface area contributed by atoms with Gasteiger partial charge in [0.15, 0.2) is 6.61 Å². The van der Waals surface area contributed by atoms with E-state index in [0.29, 0.717) is 13.1 Å². The fourth-order valence-electron chi connectivity index (χ4n) is 3.55. The standard InChI is InChI=1S/C18H20N2O4P/c21-17-13-18(22,14-24-17)25(23)19(15-7-3-1-4-8-15)11-12-20(25)16-9-5-2-6-10-16/h1-10,22-23H,11-14H2/q+1. The van der Waals surface area contributed by atoms with Crippen molar-refractivity contribution >= 4 is 25.1 Å². The maximum absolute atomic E-state index is 11.9. The number of aliphatic hydroxyl groups is 1.